The highest BCUT2D eigenvalue weighted by molar-refractivity contribution is 5.46. The molecule has 0 bridgehead atoms. The Hall–Kier alpha value is -1.13. The second-order valence-electron chi connectivity index (χ2n) is 4.59. The summed E-state index contributed by atoms with van der Waals surface area (Å²) in [6.07, 6.45) is 4.30. The molecular weight excluding hydrogens is 238 g/mol. The van der Waals surface area contributed by atoms with Gasteiger partial charge in [0.1, 0.15) is 5.82 Å². The van der Waals surface area contributed by atoms with E-state index in [9.17, 15) is 0 Å². The summed E-state index contributed by atoms with van der Waals surface area (Å²) in [4.78, 5) is 6.91. The molecule has 1 aromatic rings. The second kappa shape index (κ2) is 9.75. The summed E-state index contributed by atoms with van der Waals surface area (Å²) in [5.74, 6) is 1.11. The number of aromatic nitrogens is 1. The van der Waals surface area contributed by atoms with Gasteiger partial charge in [-0.2, -0.15) is 0 Å². The van der Waals surface area contributed by atoms with Crippen LogP contribution in [0.4, 0.5) is 5.82 Å². The first-order chi connectivity index (χ1) is 9.33. The molecule has 0 spiro atoms. The first kappa shape index (κ1) is 15.9. The molecule has 0 amide bonds. The van der Waals surface area contributed by atoms with Crippen LogP contribution in [-0.4, -0.2) is 38.3 Å². The van der Waals surface area contributed by atoms with Gasteiger partial charge in [0.2, 0.25) is 0 Å². The largest absolute Gasteiger partial charge is 0.383 e. The summed E-state index contributed by atoms with van der Waals surface area (Å²) in [6, 6.07) is 4.15. The molecule has 19 heavy (non-hydrogen) atoms. The molecule has 1 rings (SSSR count). The van der Waals surface area contributed by atoms with Crippen molar-refractivity contribution < 1.29 is 4.74 Å². The third kappa shape index (κ3) is 5.57. The number of ether oxygens (including phenoxy) is 1. The van der Waals surface area contributed by atoms with E-state index in [2.05, 4.69) is 35.1 Å². The van der Waals surface area contributed by atoms with E-state index in [1.165, 1.54) is 18.4 Å². The molecule has 1 N–H and O–H groups in total. The quantitative estimate of drug-likeness (QED) is 0.659. The summed E-state index contributed by atoms with van der Waals surface area (Å²) in [5.41, 5.74) is 1.26. The van der Waals surface area contributed by atoms with Crippen molar-refractivity contribution in [2.75, 3.05) is 38.3 Å². The number of rotatable bonds is 10. The molecule has 0 fully saturated rings. The smallest absolute Gasteiger partial charge is 0.132 e. The van der Waals surface area contributed by atoms with Gasteiger partial charge in [-0.15, -0.1) is 0 Å². The maximum atomic E-state index is 5.04. The van der Waals surface area contributed by atoms with Gasteiger partial charge in [0.05, 0.1) is 6.61 Å². The zero-order valence-electron chi connectivity index (χ0n) is 12.5. The Balaban J connectivity index is 2.64. The van der Waals surface area contributed by atoms with E-state index in [1.807, 2.05) is 12.3 Å². The fraction of sp³-hybridized carbons (Fsp3) is 0.667. The lowest BCUT2D eigenvalue weighted by Crippen LogP contribution is -2.27. The van der Waals surface area contributed by atoms with Gasteiger partial charge in [-0.25, -0.2) is 4.98 Å². The van der Waals surface area contributed by atoms with Gasteiger partial charge < -0.3 is 15.0 Å². The Morgan fingerprint density at radius 2 is 2.21 bits per heavy atom. The SMILES string of the molecule is CCCCN(CC)c1ncccc1CNCCOC. The summed E-state index contributed by atoms with van der Waals surface area (Å²) in [7, 11) is 1.72. The van der Waals surface area contributed by atoms with Crippen LogP contribution in [0.2, 0.25) is 0 Å². The number of nitrogens with zero attached hydrogens (tertiary/aromatic N) is 2. The Kier molecular flexibility index (Phi) is 8.18. The zero-order chi connectivity index (χ0) is 13.9. The maximum absolute atomic E-state index is 5.04. The molecule has 0 atom stereocenters. The molecule has 0 aromatic carbocycles. The van der Waals surface area contributed by atoms with E-state index in [0.29, 0.717) is 0 Å². The van der Waals surface area contributed by atoms with Crippen LogP contribution in [0.3, 0.4) is 0 Å². The van der Waals surface area contributed by atoms with Crippen molar-refractivity contribution in [3.63, 3.8) is 0 Å². The van der Waals surface area contributed by atoms with Crippen LogP contribution in [0.5, 0.6) is 0 Å². The van der Waals surface area contributed by atoms with Gasteiger partial charge in [-0.3, -0.25) is 0 Å². The number of methoxy groups -OCH3 is 1. The van der Waals surface area contributed by atoms with Gasteiger partial charge in [0.15, 0.2) is 0 Å². The van der Waals surface area contributed by atoms with Crippen molar-refractivity contribution in [2.45, 2.75) is 33.2 Å². The summed E-state index contributed by atoms with van der Waals surface area (Å²) < 4.78 is 5.04. The summed E-state index contributed by atoms with van der Waals surface area (Å²) in [5, 5.41) is 3.39. The van der Waals surface area contributed by atoms with E-state index in [4.69, 9.17) is 4.74 Å². The number of anilines is 1. The molecule has 0 radical (unpaired) electrons. The molecule has 1 aromatic heterocycles. The van der Waals surface area contributed by atoms with E-state index in [1.54, 1.807) is 7.11 Å². The van der Waals surface area contributed by atoms with Crippen molar-refractivity contribution in [2.24, 2.45) is 0 Å². The standard InChI is InChI=1S/C15H27N3O/c1-4-6-11-18(5-2)15-14(8-7-9-17-15)13-16-10-12-19-3/h7-9,16H,4-6,10-13H2,1-3H3. The molecule has 0 aliphatic heterocycles. The monoisotopic (exact) mass is 265 g/mol. The highest BCUT2D eigenvalue weighted by atomic mass is 16.5. The highest BCUT2D eigenvalue weighted by Crippen LogP contribution is 2.17. The molecule has 0 unspecified atom stereocenters. The fourth-order valence-corrected chi connectivity index (χ4v) is 2.01. The molecule has 0 saturated heterocycles. The number of hydrogen-bond acceptors (Lipinski definition) is 4. The van der Waals surface area contributed by atoms with Crippen molar-refractivity contribution in [3.8, 4) is 0 Å². The molecule has 4 nitrogen and oxygen atoms in total. The number of pyridine rings is 1. The Morgan fingerprint density at radius 3 is 2.89 bits per heavy atom. The minimum Gasteiger partial charge on any atom is -0.383 e. The Bertz CT molecular complexity index is 344. The van der Waals surface area contributed by atoms with Crippen LogP contribution in [0.15, 0.2) is 18.3 Å². The third-order valence-corrected chi connectivity index (χ3v) is 3.13. The topological polar surface area (TPSA) is 37.4 Å². The van der Waals surface area contributed by atoms with Crippen LogP contribution in [-0.2, 0) is 11.3 Å². The van der Waals surface area contributed by atoms with Crippen molar-refractivity contribution in [1.82, 2.24) is 10.3 Å². The molecule has 108 valence electrons. The average Bonchev–Trinajstić information content (AvgIpc) is 2.45. The lowest BCUT2D eigenvalue weighted by atomic mass is 10.2. The zero-order valence-corrected chi connectivity index (χ0v) is 12.5. The minimum absolute atomic E-state index is 0.739. The minimum atomic E-state index is 0.739. The van der Waals surface area contributed by atoms with Gasteiger partial charge in [-0.1, -0.05) is 19.4 Å². The van der Waals surface area contributed by atoms with Gasteiger partial charge >= 0.3 is 0 Å². The fourth-order valence-electron chi connectivity index (χ4n) is 2.01. The second-order valence-corrected chi connectivity index (χ2v) is 4.59. The molecule has 4 heteroatoms. The molecular formula is C15H27N3O. The predicted octanol–water partition coefficient (Wildman–Crippen LogP) is 2.44. The van der Waals surface area contributed by atoms with Crippen LogP contribution >= 0.6 is 0 Å². The van der Waals surface area contributed by atoms with Gasteiger partial charge in [0.25, 0.3) is 0 Å². The number of nitrogens with one attached hydrogen (secondary N) is 1. The van der Waals surface area contributed by atoms with E-state index >= 15 is 0 Å². The van der Waals surface area contributed by atoms with Crippen LogP contribution in [0.1, 0.15) is 32.3 Å². The molecule has 1 heterocycles. The Labute approximate surface area is 117 Å². The van der Waals surface area contributed by atoms with Crippen molar-refractivity contribution in [1.29, 1.82) is 0 Å². The van der Waals surface area contributed by atoms with Crippen LogP contribution < -0.4 is 10.2 Å². The number of hydrogen-bond donors (Lipinski definition) is 1. The predicted molar refractivity (Wildman–Crippen MR) is 80.6 cm³/mol. The van der Waals surface area contributed by atoms with Crippen molar-refractivity contribution in [3.05, 3.63) is 23.9 Å². The van der Waals surface area contributed by atoms with E-state index < -0.39 is 0 Å². The lowest BCUT2D eigenvalue weighted by molar-refractivity contribution is 0.199. The van der Waals surface area contributed by atoms with Crippen molar-refractivity contribution >= 4 is 5.82 Å². The number of unbranched alkanes of at least 4 members (excludes halogenated alkanes) is 1. The van der Waals surface area contributed by atoms with E-state index in [-0.39, 0.29) is 0 Å². The summed E-state index contributed by atoms with van der Waals surface area (Å²) in [6.45, 7) is 8.94. The molecule has 0 saturated carbocycles. The summed E-state index contributed by atoms with van der Waals surface area (Å²) >= 11 is 0. The van der Waals surface area contributed by atoms with Crippen LogP contribution in [0, 0.1) is 0 Å². The average molecular weight is 265 g/mol. The van der Waals surface area contributed by atoms with Crippen LogP contribution in [0.25, 0.3) is 0 Å². The highest BCUT2D eigenvalue weighted by Gasteiger charge is 2.10. The first-order valence-corrected chi connectivity index (χ1v) is 7.22. The van der Waals surface area contributed by atoms with Gasteiger partial charge in [-0.05, 0) is 19.4 Å². The Morgan fingerprint density at radius 1 is 1.37 bits per heavy atom. The molecule has 0 aliphatic rings. The maximum Gasteiger partial charge on any atom is 0.132 e. The first-order valence-electron chi connectivity index (χ1n) is 7.22. The van der Waals surface area contributed by atoms with Gasteiger partial charge in [0, 0.05) is 45.0 Å². The molecule has 0 aliphatic carbocycles. The van der Waals surface area contributed by atoms with E-state index in [0.717, 1.165) is 38.6 Å². The third-order valence-electron chi connectivity index (χ3n) is 3.13. The lowest BCUT2D eigenvalue weighted by Gasteiger charge is -2.24. The normalized spacial score (nSPS) is 10.7.